The molecule has 5 heteroatoms. The van der Waals surface area contributed by atoms with Crippen LogP contribution < -0.4 is 9.64 Å². The quantitative estimate of drug-likeness (QED) is 0.324. The maximum Gasteiger partial charge on any atom is 0.331 e. The molecule has 1 heterocycles. The molecule has 0 saturated heterocycles. The van der Waals surface area contributed by atoms with Crippen molar-refractivity contribution in [2.45, 2.75) is 32.6 Å². The molecule has 0 aromatic heterocycles. The van der Waals surface area contributed by atoms with Gasteiger partial charge in [-0.2, -0.15) is 0 Å². The summed E-state index contributed by atoms with van der Waals surface area (Å²) in [5.74, 6) is -0.0444. The first-order valence-electron chi connectivity index (χ1n) is 12.4. The van der Waals surface area contributed by atoms with E-state index in [-0.39, 0.29) is 0 Å². The van der Waals surface area contributed by atoms with E-state index in [2.05, 4.69) is 42.2 Å². The van der Waals surface area contributed by atoms with E-state index in [1.54, 1.807) is 0 Å². The minimum Gasteiger partial charge on any atom is -0.491 e. The Morgan fingerprint density at radius 3 is 2.46 bits per heavy atom. The van der Waals surface area contributed by atoms with Gasteiger partial charge in [0, 0.05) is 30.1 Å². The zero-order valence-electron chi connectivity index (χ0n) is 20.3. The van der Waals surface area contributed by atoms with Crippen LogP contribution in [0.4, 0.5) is 11.4 Å². The van der Waals surface area contributed by atoms with Gasteiger partial charge in [-0.15, -0.1) is 0 Å². The second kappa shape index (κ2) is 12.2. The van der Waals surface area contributed by atoms with Crippen molar-refractivity contribution < 1.29 is 19.4 Å². The summed E-state index contributed by atoms with van der Waals surface area (Å²) in [6.07, 6.45) is 5.34. The Morgan fingerprint density at radius 2 is 1.71 bits per heavy atom. The molecule has 1 aliphatic rings. The topological polar surface area (TPSA) is 59.0 Å². The smallest absolute Gasteiger partial charge is 0.331 e. The van der Waals surface area contributed by atoms with Gasteiger partial charge >= 0.3 is 5.97 Å². The SMILES string of the molecule is CCCCOCCOc1ccc(-c2ccc3c(c2)C=C(C(=O)O)CCCN3c2ccccc2)cc1. The molecule has 5 nitrogen and oxygen atoms in total. The summed E-state index contributed by atoms with van der Waals surface area (Å²) in [5.41, 5.74) is 5.56. The van der Waals surface area contributed by atoms with E-state index in [9.17, 15) is 9.90 Å². The summed E-state index contributed by atoms with van der Waals surface area (Å²) in [5, 5.41) is 9.71. The Bertz CT molecular complexity index is 1140. The van der Waals surface area contributed by atoms with E-state index in [0.717, 1.165) is 66.2 Å². The van der Waals surface area contributed by atoms with Gasteiger partial charge in [-0.3, -0.25) is 0 Å². The van der Waals surface area contributed by atoms with Crippen LogP contribution in [0.5, 0.6) is 5.75 Å². The average molecular weight is 472 g/mol. The van der Waals surface area contributed by atoms with E-state index in [4.69, 9.17) is 9.47 Å². The Labute approximate surface area is 207 Å². The standard InChI is InChI=1S/C30H33NO4/c1-2-3-18-34-19-20-35-28-14-11-23(12-15-28)24-13-16-29-26(21-24)22-25(30(32)33)8-7-17-31(29)27-9-5-4-6-10-27/h4-6,9-16,21-22H,2-3,7-8,17-20H2,1H3,(H,32,33). The second-order valence-corrected chi connectivity index (χ2v) is 8.68. The number of anilines is 2. The summed E-state index contributed by atoms with van der Waals surface area (Å²) >= 11 is 0. The van der Waals surface area contributed by atoms with Gasteiger partial charge < -0.3 is 19.5 Å². The summed E-state index contributed by atoms with van der Waals surface area (Å²) in [6, 6.07) is 24.5. The van der Waals surface area contributed by atoms with E-state index in [1.165, 1.54) is 0 Å². The Kier molecular flexibility index (Phi) is 8.58. The molecule has 0 amide bonds. The number of rotatable bonds is 10. The predicted octanol–water partition coefficient (Wildman–Crippen LogP) is 6.95. The molecule has 0 atom stereocenters. The fourth-order valence-electron chi connectivity index (χ4n) is 4.26. The highest BCUT2D eigenvalue weighted by atomic mass is 16.5. The molecule has 0 radical (unpaired) electrons. The van der Waals surface area contributed by atoms with Gasteiger partial charge in [0.05, 0.1) is 6.61 Å². The van der Waals surface area contributed by atoms with Crippen molar-refractivity contribution >= 4 is 23.4 Å². The molecule has 182 valence electrons. The van der Waals surface area contributed by atoms with Crippen molar-refractivity contribution in [3.63, 3.8) is 0 Å². The van der Waals surface area contributed by atoms with Crippen molar-refractivity contribution in [3.05, 3.63) is 83.9 Å². The number of aliphatic carboxylic acids is 1. The van der Waals surface area contributed by atoms with Crippen LogP contribution >= 0.6 is 0 Å². The number of fused-ring (bicyclic) bond motifs is 1. The molecule has 3 aromatic carbocycles. The first kappa shape index (κ1) is 24.6. The molecule has 0 fully saturated rings. The number of hydrogen-bond acceptors (Lipinski definition) is 4. The number of para-hydroxylation sites is 1. The lowest BCUT2D eigenvalue weighted by molar-refractivity contribution is -0.132. The van der Waals surface area contributed by atoms with Crippen molar-refractivity contribution in [3.8, 4) is 16.9 Å². The lowest BCUT2D eigenvalue weighted by Crippen LogP contribution is -2.21. The molecule has 0 bridgehead atoms. The fourth-order valence-corrected chi connectivity index (χ4v) is 4.26. The fraction of sp³-hybridized carbons (Fsp3) is 0.300. The van der Waals surface area contributed by atoms with Crippen LogP contribution in [0.3, 0.4) is 0 Å². The van der Waals surface area contributed by atoms with Gasteiger partial charge in [-0.1, -0.05) is 49.7 Å². The predicted molar refractivity (Wildman–Crippen MR) is 141 cm³/mol. The lowest BCUT2D eigenvalue weighted by Gasteiger charge is -2.29. The van der Waals surface area contributed by atoms with E-state index < -0.39 is 5.97 Å². The van der Waals surface area contributed by atoms with E-state index in [0.29, 0.717) is 25.2 Å². The van der Waals surface area contributed by atoms with Gasteiger partial charge in [0.15, 0.2) is 0 Å². The minimum absolute atomic E-state index is 0.445. The van der Waals surface area contributed by atoms with Crippen LogP contribution in [0.2, 0.25) is 0 Å². The van der Waals surface area contributed by atoms with Gasteiger partial charge in [0.2, 0.25) is 0 Å². The van der Waals surface area contributed by atoms with E-state index in [1.807, 2.05) is 48.5 Å². The minimum atomic E-state index is -0.852. The van der Waals surface area contributed by atoms with Gasteiger partial charge in [0.1, 0.15) is 12.4 Å². The highest BCUT2D eigenvalue weighted by Gasteiger charge is 2.19. The number of benzene rings is 3. The maximum absolute atomic E-state index is 11.8. The number of hydrogen-bond donors (Lipinski definition) is 1. The molecule has 4 rings (SSSR count). The first-order valence-corrected chi connectivity index (χ1v) is 12.4. The second-order valence-electron chi connectivity index (χ2n) is 8.68. The van der Waals surface area contributed by atoms with Crippen LogP contribution in [0.1, 0.15) is 38.2 Å². The summed E-state index contributed by atoms with van der Waals surface area (Å²) in [6.45, 7) is 4.79. The Balaban J connectivity index is 1.56. The van der Waals surface area contributed by atoms with Crippen LogP contribution in [-0.2, 0) is 9.53 Å². The molecular weight excluding hydrogens is 438 g/mol. The third kappa shape index (κ3) is 6.52. The Morgan fingerprint density at radius 1 is 0.943 bits per heavy atom. The van der Waals surface area contributed by atoms with Gasteiger partial charge in [-0.05, 0) is 78.4 Å². The van der Waals surface area contributed by atoms with Crippen molar-refractivity contribution in [1.29, 1.82) is 0 Å². The first-order chi connectivity index (χ1) is 17.2. The highest BCUT2D eigenvalue weighted by Crippen LogP contribution is 2.36. The summed E-state index contributed by atoms with van der Waals surface area (Å²) < 4.78 is 11.3. The number of nitrogens with zero attached hydrogens (tertiary/aromatic N) is 1. The van der Waals surface area contributed by atoms with Crippen LogP contribution in [0, 0.1) is 0 Å². The summed E-state index contributed by atoms with van der Waals surface area (Å²) in [7, 11) is 0. The lowest BCUT2D eigenvalue weighted by atomic mass is 9.96. The van der Waals surface area contributed by atoms with E-state index >= 15 is 0 Å². The molecule has 1 N–H and O–H groups in total. The monoisotopic (exact) mass is 471 g/mol. The Hall–Kier alpha value is -3.57. The zero-order valence-corrected chi connectivity index (χ0v) is 20.3. The largest absolute Gasteiger partial charge is 0.491 e. The summed E-state index contributed by atoms with van der Waals surface area (Å²) in [4.78, 5) is 14.1. The number of ether oxygens (including phenoxy) is 2. The third-order valence-electron chi connectivity index (χ3n) is 6.14. The number of carboxylic acids is 1. The molecule has 0 aliphatic carbocycles. The maximum atomic E-state index is 11.8. The molecule has 0 saturated carbocycles. The molecule has 0 unspecified atom stereocenters. The van der Waals surface area contributed by atoms with Crippen LogP contribution in [0.25, 0.3) is 17.2 Å². The van der Waals surface area contributed by atoms with Crippen LogP contribution in [-0.4, -0.2) is 37.4 Å². The molecule has 1 aliphatic heterocycles. The normalized spacial score (nSPS) is 13.4. The highest BCUT2D eigenvalue weighted by molar-refractivity contribution is 5.94. The third-order valence-corrected chi connectivity index (χ3v) is 6.14. The zero-order chi connectivity index (χ0) is 24.5. The molecule has 3 aromatic rings. The molecular formula is C30H33NO4. The van der Waals surface area contributed by atoms with Crippen molar-refractivity contribution in [2.24, 2.45) is 0 Å². The van der Waals surface area contributed by atoms with Gasteiger partial charge in [0.25, 0.3) is 0 Å². The van der Waals surface area contributed by atoms with Gasteiger partial charge in [-0.25, -0.2) is 4.79 Å². The number of carbonyl (C=O) groups is 1. The number of unbranched alkanes of at least 4 members (excludes halogenated alkanes) is 1. The molecule has 35 heavy (non-hydrogen) atoms. The average Bonchev–Trinajstić information content (AvgIpc) is 2.87. The molecule has 0 spiro atoms. The van der Waals surface area contributed by atoms with Crippen molar-refractivity contribution in [2.75, 3.05) is 31.3 Å². The number of carboxylic acid groups (broad SMARTS) is 1. The van der Waals surface area contributed by atoms with Crippen molar-refractivity contribution in [1.82, 2.24) is 0 Å². The van der Waals surface area contributed by atoms with Crippen LogP contribution in [0.15, 0.2) is 78.4 Å².